The van der Waals surface area contributed by atoms with Gasteiger partial charge in [0, 0.05) is 6.42 Å². The second-order valence-electron chi connectivity index (χ2n) is 5.27. The third kappa shape index (κ3) is 3.78. The molecule has 0 saturated carbocycles. The molecule has 2 rings (SSSR count). The molecule has 0 bridgehead atoms. The van der Waals surface area contributed by atoms with Gasteiger partial charge in [0.05, 0.1) is 11.4 Å². The Labute approximate surface area is 127 Å². The quantitative estimate of drug-likeness (QED) is 0.758. The van der Waals surface area contributed by atoms with Crippen molar-refractivity contribution in [3.05, 3.63) is 16.4 Å². The molecule has 7 nitrogen and oxygen atoms in total. The third-order valence-electron chi connectivity index (χ3n) is 2.87. The number of H-pyrrole nitrogens is 1. The number of aryl methyl sites for hydroxylation is 1. The lowest BCUT2D eigenvalue weighted by Gasteiger charge is -2.00. The Bertz CT molecular complexity index is 618. The zero-order valence-electron chi connectivity index (χ0n) is 12.4. The molecule has 114 valence electrons. The number of aromatic nitrogens is 4. The number of anilines is 2. The number of nitrogens with two attached hydrogens (primary N) is 1. The van der Waals surface area contributed by atoms with Crippen molar-refractivity contribution in [1.82, 2.24) is 20.4 Å². The molecule has 21 heavy (non-hydrogen) atoms. The van der Waals surface area contributed by atoms with Crippen LogP contribution in [-0.4, -0.2) is 26.3 Å². The van der Waals surface area contributed by atoms with Gasteiger partial charge < -0.3 is 5.73 Å². The summed E-state index contributed by atoms with van der Waals surface area (Å²) in [7, 11) is 0. The van der Waals surface area contributed by atoms with Gasteiger partial charge in [-0.1, -0.05) is 38.5 Å². The molecule has 0 unspecified atom stereocenters. The highest BCUT2D eigenvalue weighted by molar-refractivity contribution is 7.15. The maximum Gasteiger partial charge on any atom is 0.280 e. The molecular weight excluding hydrogens is 288 g/mol. The van der Waals surface area contributed by atoms with Crippen LogP contribution in [0, 0.1) is 5.92 Å². The van der Waals surface area contributed by atoms with Gasteiger partial charge in [-0.15, -0.1) is 10.2 Å². The van der Waals surface area contributed by atoms with Crippen LogP contribution in [0.3, 0.4) is 0 Å². The number of hydrogen-bond acceptors (Lipinski definition) is 6. The fraction of sp³-hybridized carbons (Fsp3) is 0.538. The molecule has 2 aromatic heterocycles. The minimum Gasteiger partial charge on any atom is -0.395 e. The fourth-order valence-corrected chi connectivity index (χ4v) is 2.84. The minimum atomic E-state index is -0.363. The largest absolute Gasteiger partial charge is 0.395 e. The lowest BCUT2D eigenvalue weighted by Crippen LogP contribution is -2.14. The molecule has 2 aromatic rings. The van der Waals surface area contributed by atoms with Crippen molar-refractivity contribution < 1.29 is 4.79 Å². The van der Waals surface area contributed by atoms with Crippen LogP contribution in [0.25, 0.3) is 0 Å². The Hall–Kier alpha value is -1.96. The van der Waals surface area contributed by atoms with E-state index in [4.69, 9.17) is 5.73 Å². The lowest BCUT2D eigenvalue weighted by atomic mass is 10.1. The van der Waals surface area contributed by atoms with Gasteiger partial charge in [-0.25, -0.2) is 0 Å². The number of rotatable bonds is 6. The van der Waals surface area contributed by atoms with Crippen molar-refractivity contribution in [2.75, 3.05) is 11.1 Å². The van der Waals surface area contributed by atoms with Crippen LogP contribution in [-0.2, 0) is 12.8 Å². The number of nitrogen functional groups attached to an aromatic ring is 1. The van der Waals surface area contributed by atoms with Gasteiger partial charge in [0.2, 0.25) is 5.13 Å². The van der Waals surface area contributed by atoms with E-state index in [0.717, 1.165) is 30.0 Å². The first kappa shape index (κ1) is 15.4. The van der Waals surface area contributed by atoms with Crippen molar-refractivity contribution in [2.24, 2.45) is 5.92 Å². The molecule has 0 aromatic carbocycles. The third-order valence-corrected chi connectivity index (χ3v) is 3.73. The summed E-state index contributed by atoms with van der Waals surface area (Å²) < 4.78 is 0. The first-order chi connectivity index (χ1) is 10.0. The molecular formula is C13H20N6OS. The SMILES string of the molecule is CCCc1[nH]nc(C(=O)Nc2nnc(CC(C)C)s2)c1N. The second-order valence-corrected chi connectivity index (χ2v) is 6.33. The number of aromatic amines is 1. The summed E-state index contributed by atoms with van der Waals surface area (Å²) in [6, 6.07) is 0. The Kier molecular flexibility index (Phi) is 4.89. The van der Waals surface area contributed by atoms with Crippen LogP contribution in [0.5, 0.6) is 0 Å². The fourth-order valence-electron chi connectivity index (χ4n) is 1.89. The molecule has 1 amide bonds. The number of hydrogen-bond donors (Lipinski definition) is 3. The van der Waals surface area contributed by atoms with E-state index in [1.54, 1.807) is 0 Å². The zero-order valence-corrected chi connectivity index (χ0v) is 13.3. The molecule has 0 fully saturated rings. The molecule has 8 heteroatoms. The van der Waals surface area contributed by atoms with E-state index >= 15 is 0 Å². The van der Waals surface area contributed by atoms with Crippen molar-refractivity contribution in [2.45, 2.75) is 40.0 Å². The van der Waals surface area contributed by atoms with E-state index in [0.29, 0.717) is 16.7 Å². The van der Waals surface area contributed by atoms with E-state index in [9.17, 15) is 4.79 Å². The monoisotopic (exact) mass is 308 g/mol. The Morgan fingerprint density at radius 1 is 1.43 bits per heavy atom. The second kappa shape index (κ2) is 6.66. The average molecular weight is 308 g/mol. The number of nitrogens with zero attached hydrogens (tertiary/aromatic N) is 3. The smallest absolute Gasteiger partial charge is 0.280 e. The van der Waals surface area contributed by atoms with Gasteiger partial charge in [0.25, 0.3) is 5.91 Å². The van der Waals surface area contributed by atoms with Crippen LogP contribution in [0.2, 0.25) is 0 Å². The zero-order chi connectivity index (χ0) is 15.4. The Morgan fingerprint density at radius 3 is 2.86 bits per heavy atom. The molecule has 0 aliphatic heterocycles. The van der Waals surface area contributed by atoms with Gasteiger partial charge in [0.15, 0.2) is 5.69 Å². The van der Waals surface area contributed by atoms with E-state index in [-0.39, 0.29) is 11.6 Å². The minimum absolute atomic E-state index is 0.207. The van der Waals surface area contributed by atoms with Crippen LogP contribution in [0.1, 0.15) is 48.4 Å². The molecule has 4 N–H and O–H groups in total. The maximum atomic E-state index is 12.1. The number of carbonyl (C=O) groups excluding carboxylic acids is 1. The summed E-state index contributed by atoms with van der Waals surface area (Å²) in [6.45, 7) is 6.26. The number of nitrogens with one attached hydrogen (secondary N) is 2. The highest BCUT2D eigenvalue weighted by Crippen LogP contribution is 2.21. The van der Waals surface area contributed by atoms with Gasteiger partial charge in [0.1, 0.15) is 5.01 Å². The summed E-state index contributed by atoms with van der Waals surface area (Å²) >= 11 is 1.37. The van der Waals surface area contributed by atoms with E-state index in [2.05, 4.69) is 39.6 Å². The van der Waals surface area contributed by atoms with Crippen molar-refractivity contribution in [3.63, 3.8) is 0 Å². The molecule has 0 atom stereocenters. The predicted octanol–water partition coefficient (Wildman–Crippen LogP) is 2.25. The maximum absolute atomic E-state index is 12.1. The highest BCUT2D eigenvalue weighted by atomic mass is 32.1. The molecule has 0 saturated heterocycles. The Morgan fingerprint density at radius 2 is 2.19 bits per heavy atom. The van der Waals surface area contributed by atoms with Gasteiger partial charge in [-0.05, 0) is 12.3 Å². The van der Waals surface area contributed by atoms with E-state index in [1.165, 1.54) is 11.3 Å². The predicted molar refractivity (Wildman–Crippen MR) is 83.4 cm³/mol. The standard InChI is InChI=1S/C13H20N6OS/c1-4-5-8-10(14)11(18-16-8)12(20)15-13-19-17-9(21-13)6-7(2)3/h7H,4-6,14H2,1-3H3,(H,16,18)(H,15,19,20). The Balaban J connectivity index is 2.06. The molecule has 0 spiro atoms. The van der Waals surface area contributed by atoms with Gasteiger partial charge in [-0.2, -0.15) is 5.10 Å². The normalized spacial score (nSPS) is 11.0. The van der Waals surface area contributed by atoms with E-state index < -0.39 is 0 Å². The topological polar surface area (TPSA) is 110 Å². The van der Waals surface area contributed by atoms with Crippen LogP contribution >= 0.6 is 11.3 Å². The van der Waals surface area contributed by atoms with Crippen molar-refractivity contribution >= 4 is 28.1 Å². The van der Waals surface area contributed by atoms with Crippen LogP contribution in [0.4, 0.5) is 10.8 Å². The molecule has 0 aliphatic rings. The first-order valence-corrected chi connectivity index (χ1v) is 7.79. The average Bonchev–Trinajstić information content (AvgIpc) is 2.97. The lowest BCUT2D eigenvalue weighted by molar-refractivity contribution is 0.102. The van der Waals surface area contributed by atoms with Crippen molar-refractivity contribution in [1.29, 1.82) is 0 Å². The first-order valence-electron chi connectivity index (χ1n) is 6.97. The summed E-state index contributed by atoms with van der Waals surface area (Å²) in [5.74, 6) is 0.137. The number of amides is 1. The summed E-state index contributed by atoms with van der Waals surface area (Å²) in [5, 5.41) is 18.9. The van der Waals surface area contributed by atoms with E-state index in [1.807, 2.05) is 6.92 Å². The summed E-state index contributed by atoms with van der Waals surface area (Å²) in [4.78, 5) is 12.1. The van der Waals surface area contributed by atoms with Gasteiger partial charge >= 0.3 is 0 Å². The summed E-state index contributed by atoms with van der Waals surface area (Å²) in [5.41, 5.74) is 7.33. The van der Waals surface area contributed by atoms with Gasteiger partial charge in [-0.3, -0.25) is 15.2 Å². The van der Waals surface area contributed by atoms with Crippen LogP contribution < -0.4 is 11.1 Å². The van der Waals surface area contributed by atoms with Crippen LogP contribution in [0.15, 0.2) is 0 Å². The molecule has 0 radical (unpaired) electrons. The summed E-state index contributed by atoms with van der Waals surface area (Å²) in [6.07, 6.45) is 2.55. The molecule has 2 heterocycles. The molecule has 0 aliphatic carbocycles. The van der Waals surface area contributed by atoms with Crippen molar-refractivity contribution in [3.8, 4) is 0 Å². The number of carbonyl (C=O) groups is 1. The highest BCUT2D eigenvalue weighted by Gasteiger charge is 2.18.